The highest BCUT2D eigenvalue weighted by Gasteiger charge is 2.19. The normalized spacial score (nSPS) is 12.4. The van der Waals surface area contributed by atoms with E-state index in [1.165, 1.54) is 167 Å². The molecule has 6 heteroatoms. The molecule has 0 aromatic carbocycles. The summed E-state index contributed by atoms with van der Waals surface area (Å²) < 4.78 is 16.9. The van der Waals surface area contributed by atoms with E-state index in [1.807, 2.05) is 0 Å². The standard InChI is InChI=1S/C67H120O6/c1-4-7-10-13-16-19-22-25-28-30-31-32-33-34-35-36-37-40-42-45-48-51-54-57-60-66(69)72-63-64(62-71-65(68)59-56-53-50-47-44-41-38-27-24-21-18-15-12-9-6-3)73-67(70)61-58-55-52-49-46-43-39-29-26-23-20-17-14-11-8-5-2/h9,12,18,20-21,23,27,29,38-39,64H,4-8,10-11,13-17,19,22,24-26,28,30-37,40-63H2,1-3H3/b12-9-,21-18-,23-20-,38-27-,39-29-. The molecular weight excluding hydrogens is 901 g/mol. The fraction of sp³-hybridized carbons (Fsp3) is 0.806. The van der Waals surface area contributed by atoms with Crippen LogP contribution in [0.1, 0.15) is 329 Å². The SMILES string of the molecule is CC/C=C\C/C=C\C/C=C\CCCCCCCC(=O)OCC(COC(=O)CCCCCCCCCCCCCCCCCCCCCCCCCC)OC(=O)CCCCCCC/C=C\C/C=C\CCCCCC. The predicted octanol–water partition coefficient (Wildman–Crippen LogP) is 21.6. The summed E-state index contributed by atoms with van der Waals surface area (Å²) in [6.45, 7) is 6.53. The van der Waals surface area contributed by atoms with E-state index >= 15 is 0 Å². The van der Waals surface area contributed by atoms with Crippen molar-refractivity contribution >= 4 is 17.9 Å². The monoisotopic (exact) mass is 1020 g/mol. The van der Waals surface area contributed by atoms with Gasteiger partial charge in [-0.25, -0.2) is 0 Å². The van der Waals surface area contributed by atoms with Crippen molar-refractivity contribution in [3.63, 3.8) is 0 Å². The summed E-state index contributed by atoms with van der Waals surface area (Å²) in [5.74, 6) is -0.898. The maximum Gasteiger partial charge on any atom is 0.306 e. The van der Waals surface area contributed by atoms with Crippen LogP contribution in [0.4, 0.5) is 0 Å². The number of hydrogen-bond acceptors (Lipinski definition) is 6. The lowest BCUT2D eigenvalue weighted by molar-refractivity contribution is -0.167. The Kier molecular flexibility index (Phi) is 59.2. The van der Waals surface area contributed by atoms with E-state index in [9.17, 15) is 14.4 Å². The molecule has 0 spiro atoms. The first-order chi connectivity index (χ1) is 36.0. The molecule has 0 bridgehead atoms. The maximum atomic E-state index is 12.9. The van der Waals surface area contributed by atoms with Crippen LogP contribution in [0, 0.1) is 0 Å². The van der Waals surface area contributed by atoms with Crippen molar-refractivity contribution in [1.29, 1.82) is 0 Å². The summed E-state index contributed by atoms with van der Waals surface area (Å²) in [4.78, 5) is 38.3. The minimum Gasteiger partial charge on any atom is -0.462 e. The minimum absolute atomic E-state index is 0.0828. The number of unbranched alkanes of at least 4 members (excludes halogenated alkanes) is 37. The number of allylic oxidation sites excluding steroid dienone is 10. The number of ether oxygens (including phenoxy) is 3. The summed E-state index contributed by atoms with van der Waals surface area (Å²) in [6, 6.07) is 0. The van der Waals surface area contributed by atoms with Crippen LogP contribution in [0.3, 0.4) is 0 Å². The molecule has 0 fully saturated rings. The molecule has 1 unspecified atom stereocenters. The zero-order valence-electron chi connectivity index (χ0n) is 48.7. The molecule has 0 aromatic heterocycles. The van der Waals surface area contributed by atoms with Gasteiger partial charge in [0.25, 0.3) is 0 Å². The molecule has 73 heavy (non-hydrogen) atoms. The third-order valence-electron chi connectivity index (χ3n) is 14.0. The molecule has 0 aliphatic carbocycles. The van der Waals surface area contributed by atoms with Crippen molar-refractivity contribution in [2.45, 2.75) is 335 Å². The Labute approximate surface area is 453 Å². The molecule has 0 N–H and O–H groups in total. The van der Waals surface area contributed by atoms with Crippen LogP contribution < -0.4 is 0 Å². The van der Waals surface area contributed by atoms with E-state index in [-0.39, 0.29) is 31.1 Å². The summed E-state index contributed by atoms with van der Waals surface area (Å²) in [5.41, 5.74) is 0. The van der Waals surface area contributed by atoms with Gasteiger partial charge in [-0.3, -0.25) is 14.4 Å². The predicted molar refractivity (Wildman–Crippen MR) is 316 cm³/mol. The zero-order chi connectivity index (χ0) is 52.9. The molecule has 0 heterocycles. The molecule has 0 aliphatic heterocycles. The molecule has 424 valence electrons. The number of hydrogen-bond donors (Lipinski definition) is 0. The van der Waals surface area contributed by atoms with Crippen LogP contribution in [0.2, 0.25) is 0 Å². The van der Waals surface area contributed by atoms with Crippen LogP contribution in [-0.4, -0.2) is 37.2 Å². The highest BCUT2D eigenvalue weighted by molar-refractivity contribution is 5.71. The van der Waals surface area contributed by atoms with Gasteiger partial charge in [-0.1, -0.05) is 287 Å². The van der Waals surface area contributed by atoms with Gasteiger partial charge in [0.05, 0.1) is 0 Å². The van der Waals surface area contributed by atoms with Gasteiger partial charge in [0.15, 0.2) is 6.10 Å². The first kappa shape index (κ1) is 70.1. The van der Waals surface area contributed by atoms with Crippen LogP contribution in [0.15, 0.2) is 60.8 Å². The minimum atomic E-state index is -0.788. The summed E-state index contributed by atoms with van der Waals surface area (Å²) in [5, 5.41) is 0. The second kappa shape index (κ2) is 61.7. The third kappa shape index (κ3) is 59.9. The zero-order valence-corrected chi connectivity index (χ0v) is 48.7. The van der Waals surface area contributed by atoms with Crippen molar-refractivity contribution in [1.82, 2.24) is 0 Å². The van der Waals surface area contributed by atoms with E-state index in [0.717, 1.165) is 122 Å². The molecule has 0 saturated heterocycles. The van der Waals surface area contributed by atoms with E-state index < -0.39 is 6.10 Å². The second-order valence-corrected chi connectivity index (χ2v) is 21.3. The first-order valence-corrected chi connectivity index (χ1v) is 31.8. The topological polar surface area (TPSA) is 78.9 Å². The highest BCUT2D eigenvalue weighted by atomic mass is 16.6. The highest BCUT2D eigenvalue weighted by Crippen LogP contribution is 2.17. The summed E-state index contributed by atoms with van der Waals surface area (Å²) >= 11 is 0. The Morgan fingerprint density at radius 2 is 0.534 bits per heavy atom. The Morgan fingerprint density at radius 3 is 0.849 bits per heavy atom. The molecule has 0 rings (SSSR count). The molecule has 0 aromatic rings. The van der Waals surface area contributed by atoms with E-state index in [4.69, 9.17) is 14.2 Å². The van der Waals surface area contributed by atoms with Crippen molar-refractivity contribution in [2.75, 3.05) is 13.2 Å². The molecule has 0 aliphatic rings. The number of esters is 3. The van der Waals surface area contributed by atoms with Crippen molar-refractivity contribution in [3.8, 4) is 0 Å². The van der Waals surface area contributed by atoms with E-state index in [0.29, 0.717) is 19.3 Å². The van der Waals surface area contributed by atoms with Gasteiger partial charge >= 0.3 is 17.9 Å². The Bertz CT molecular complexity index is 1310. The fourth-order valence-electron chi connectivity index (χ4n) is 9.25. The van der Waals surface area contributed by atoms with Gasteiger partial charge in [0, 0.05) is 19.3 Å². The average Bonchev–Trinajstić information content (AvgIpc) is 3.39. The first-order valence-electron chi connectivity index (χ1n) is 31.8. The van der Waals surface area contributed by atoms with Gasteiger partial charge in [-0.15, -0.1) is 0 Å². The lowest BCUT2D eigenvalue weighted by atomic mass is 10.0. The van der Waals surface area contributed by atoms with Gasteiger partial charge in [-0.05, 0) is 83.5 Å². The molecule has 0 saturated carbocycles. The third-order valence-corrected chi connectivity index (χ3v) is 14.0. The summed E-state index contributed by atoms with van der Waals surface area (Å²) in [7, 11) is 0. The number of carbonyl (C=O) groups is 3. The van der Waals surface area contributed by atoms with Gasteiger partial charge in [-0.2, -0.15) is 0 Å². The Balaban J connectivity index is 4.30. The van der Waals surface area contributed by atoms with Crippen molar-refractivity contribution < 1.29 is 28.6 Å². The molecule has 6 nitrogen and oxygen atoms in total. The maximum absolute atomic E-state index is 12.9. The Morgan fingerprint density at radius 1 is 0.288 bits per heavy atom. The molecule has 0 amide bonds. The van der Waals surface area contributed by atoms with E-state index in [1.54, 1.807) is 0 Å². The largest absolute Gasteiger partial charge is 0.462 e. The number of carbonyl (C=O) groups excluding carboxylic acids is 3. The smallest absolute Gasteiger partial charge is 0.306 e. The lowest BCUT2D eigenvalue weighted by Crippen LogP contribution is -2.30. The summed E-state index contributed by atoms with van der Waals surface area (Å²) in [6.07, 6.45) is 78.0. The van der Waals surface area contributed by atoms with Crippen molar-refractivity contribution in [3.05, 3.63) is 60.8 Å². The van der Waals surface area contributed by atoms with Crippen LogP contribution >= 0.6 is 0 Å². The molecule has 0 radical (unpaired) electrons. The van der Waals surface area contributed by atoms with Gasteiger partial charge in [0.2, 0.25) is 0 Å². The van der Waals surface area contributed by atoms with Crippen LogP contribution in [0.25, 0.3) is 0 Å². The Hall–Kier alpha value is -2.89. The van der Waals surface area contributed by atoms with Crippen LogP contribution in [0.5, 0.6) is 0 Å². The second-order valence-electron chi connectivity index (χ2n) is 21.3. The van der Waals surface area contributed by atoms with Crippen LogP contribution in [-0.2, 0) is 28.6 Å². The van der Waals surface area contributed by atoms with Crippen molar-refractivity contribution in [2.24, 2.45) is 0 Å². The lowest BCUT2D eigenvalue weighted by Gasteiger charge is -2.18. The average molecular weight is 1020 g/mol. The quantitative estimate of drug-likeness (QED) is 0.0261. The van der Waals surface area contributed by atoms with Gasteiger partial charge < -0.3 is 14.2 Å². The fourth-order valence-corrected chi connectivity index (χ4v) is 9.25. The molecule has 1 atom stereocenters. The molecular formula is C67H120O6. The van der Waals surface area contributed by atoms with E-state index in [2.05, 4.69) is 81.5 Å². The number of rotatable bonds is 58. The van der Waals surface area contributed by atoms with Gasteiger partial charge in [0.1, 0.15) is 13.2 Å².